The Morgan fingerprint density at radius 2 is 1.92 bits per heavy atom. The Kier molecular flexibility index (Phi) is 5.77. The van der Waals surface area contributed by atoms with Gasteiger partial charge in [0.15, 0.2) is 0 Å². The summed E-state index contributed by atoms with van der Waals surface area (Å²) < 4.78 is 18.7. The van der Waals surface area contributed by atoms with E-state index < -0.39 is 11.7 Å². The number of carbonyl (C=O) groups excluding carboxylic acids is 2. The van der Waals surface area contributed by atoms with E-state index in [0.29, 0.717) is 11.3 Å². The smallest absolute Gasteiger partial charge is 0.255 e. The quantitative estimate of drug-likeness (QED) is 0.821. The number of likely N-dealkylation sites (N-methyl/N-ethyl adjacent to an activating group) is 1. The van der Waals surface area contributed by atoms with E-state index >= 15 is 0 Å². The molecular formula is C18H16ClFN2O3. The number of nitrogens with one attached hydrogen (secondary N) is 1. The number of ether oxygens (including phenoxy) is 1. The number of nitrogens with zero attached hydrogens (tertiary/aromatic N) is 1. The third-order valence-corrected chi connectivity index (χ3v) is 3.80. The van der Waals surface area contributed by atoms with Crippen LogP contribution in [-0.2, 0) is 4.79 Å². The molecule has 0 atom stereocenters. The number of amides is 2. The van der Waals surface area contributed by atoms with Gasteiger partial charge >= 0.3 is 0 Å². The molecule has 0 saturated carbocycles. The molecule has 2 aromatic carbocycles. The minimum atomic E-state index is -0.669. The molecule has 0 heterocycles. The molecule has 0 aromatic heterocycles. The summed E-state index contributed by atoms with van der Waals surface area (Å²) >= 11 is 5.70. The molecule has 0 unspecified atom stereocenters. The minimum Gasteiger partial charge on any atom is -0.495 e. The van der Waals surface area contributed by atoms with Crippen LogP contribution >= 0.6 is 11.6 Å². The van der Waals surface area contributed by atoms with Gasteiger partial charge in [-0.2, -0.15) is 0 Å². The van der Waals surface area contributed by atoms with Gasteiger partial charge < -0.3 is 15.0 Å². The van der Waals surface area contributed by atoms with Crippen LogP contribution in [0.4, 0.5) is 15.8 Å². The van der Waals surface area contributed by atoms with Gasteiger partial charge in [-0.3, -0.25) is 9.59 Å². The minimum absolute atomic E-state index is 0.103. The molecular weight excluding hydrogens is 347 g/mol. The summed E-state index contributed by atoms with van der Waals surface area (Å²) in [7, 11) is 2.99. The van der Waals surface area contributed by atoms with Crippen molar-refractivity contribution in [3.05, 3.63) is 65.5 Å². The summed E-state index contributed by atoms with van der Waals surface area (Å²) in [5, 5.41) is 2.47. The Hall–Kier alpha value is -2.86. The van der Waals surface area contributed by atoms with Gasteiger partial charge in [-0.1, -0.05) is 18.2 Å². The molecule has 7 heteroatoms. The summed E-state index contributed by atoms with van der Waals surface area (Å²) in [6.07, 6.45) is 1.20. The number of carbonyl (C=O) groups is 2. The van der Waals surface area contributed by atoms with Crippen molar-refractivity contribution in [1.82, 2.24) is 0 Å². The van der Waals surface area contributed by atoms with Gasteiger partial charge in [0, 0.05) is 30.4 Å². The second-order valence-corrected chi connectivity index (χ2v) is 5.48. The fourth-order valence-electron chi connectivity index (χ4n) is 2.09. The van der Waals surface area contributed by atoms with Crippen molar-refractivity contribution >= 4 is 34.8 Å². The van der Waals surface area contributed by atoms with Crippen LogP contribution in [0, 0.1) is 5.82 Å². The average Bonchev–Trinajstić information content (AvgIpc) is 2.63. The maximum Gasteiger partial charge on any atom is 0.255 e. The highest BCUT2D eigenvalue weighted by atomic mass is 35.5. The van der Waals surface area contributed by atoms with E-state index in [4.69, 9.17) is 16.3 Å². The van der Waals surface area contributed by atoms with Crippen LogP contribution in [0.25, 0.3) is 0 Å². The lowest BCUT2D eigenvalue weighted by Gasteiger charge is -2.15. The summed E-state index contributed by atoms with van der Waals surface area (Å²) in [5.41, 5.74) is 1.11. The molecule has 0 bridgehead atoms. The largest absolute Gasteiger partial charge is 0.495 e. The van der Waals surface area contributed by atoms with Crippen molar-refractivity contribution in [2.75, 3.05) is 24.4 Å². The first-order valence-corrected chi connectivity index (χ1v) is 7.59. The van der Waals surface area contributed by atoms with Crippen LogP contribution in [0.3, 0.4) is 0 Å². The number of anilines is 2. The third-order valence-electron chi connectivity index (χ3n) is 3.51. The molecule has 5 nitrogen and oxygen atoms in total. The van der Waals surface area contributed by atoms with Gasteiger partial charge in [0.2, 0.25) is 5.91 Å². The normalized spacial score (nSPS) is 10.1. The van der Waals surface area contributed by atoms with Crippen LogP contribution in [0.15, 0.2) is 49.1 Å². The molecule has 0 radical (unpaired) electrons. The van der Waals surface area contributed by atoms with E-state index in [2.05, 4.69) is 11.9 Å². The topological polar surface area (TPSA) is 58.6 Å². The molecule has 130 valence electrons. The number of hydrogen-bond donors (Lipinski definition) is 1. The average molecular weight is 363 g/mol. The second-order valence-electron chi connectivity index (χ2n) is 5.07. The number of hydrogen-bond acceptors (Lipinski definition) is 3. The monoisotopic (exact) mass is 362 g/mol. The fourth-order valence-corrected chi connectivity index (χ4v) is 2.24. The highest BCUT2D eigenvalue weighted by Crippen LogP contribution is 2.30. The molecule has 1 N–H and O–H groups in total. The van der Waals surface area contributed by atoms with Crippen LogP contribution in [0.5, 0.6) is 5.75 Å². The molecule has 0 aliphatic heterocycles. The molecule has 2 rings (SSSR count). The number of rotatable bonds is 5. The van der Waals surface area contributed by atoms with Crippen LogP contribution in [0.1, 0.15) is 10.4 Å². The molecule has 0 aliphatic carbocycles. The predicted molar refractivity (Wildman–Crippen MR) is 96.0 cm³/mol. The number of benzene rings is 2. The van der Waals surface area contributed by atoms with Crippen LogP contribution in [0.2, 0.25) is 5.02 Å². The Bertz CT molecular complexity index is 822. The van der Waals surface area contributed by atoms with Crippen molar-refractivity contribution in [3.8, 4) is 5.75 Å². The summed E-state index contributed by atoms with van der Waals surface area (Å²) in [6, 6.07) is 8.72. The van der Waals surface area contributed by atoms with E-state index in [1.165, 1.54) is 24.2 Å². The van der Waals surface area contributed by atoms with Crippen molar-refractivity contribution < 1.29 is 18.7 Å². The summed E-state index contributed by atoms with van der Waals surface area (Å²) in [6.45, 7) is 3.42. The van der Waals surface area contributed by atoms with Crippen molar-refractivity contribution in [2.45, 2.75) is 0 Å². The van der Waals surface area contributed by atoms with E-state index in [-0.39, 0.29) is 22.4 Å². The Morgan fingerprint density at radius 1 is 1.28 bits per heavy atom. The van der Waals surface area contributed by atoms with E-state index in [0.717, 1.165) is 6.07 Å². The second kappa shape index (κ2) is 7.81. The lowest BCUT2D eigenvalue weighted by Crippen LogP contribution is -2.23. The zero-order valence-corrected chi connectivity index (χ0v) is 14.4. The SMILES string of the molecule is C=CC(=O)N(C)c1ccc(C(=O)Nc2cc(F)c(Cl)cc2OC)cc1. The van der Waals surface area contributed by atoms with E-state index in [1.807, 2.05) is 0 Å². The predicted octanol–water partition coefficient (Wildman–Crippen LogP) is 3.89. The van der Waals surface area contributed by atoms with Gasteiger partial charge in [-0.25, -0.2) is 4.39 Å². The summed E-state index contributed by atoms with van der Waals surface area (Å²) in [4.78, 5) is 25.3. The Balaban J connectivity index is 2.20. The Labute approximate surface area is 149 Å². The van der Waals surface area contributed by atoms with Crippen molar-refractivity contribution in [2.24, 2.45) is 0 Å². The van der Waals surface area contributed by atoms with Gasteiger partial charge in [0.05, 0.1) is 17.8 Å². The summed E-state index contributed by atoms with van der Waals surface area (Å²) in [5.74, 6) is -1.15. The first-order chi connectivity index (χ1) is 11.9. The van der Waals surface area contributed by atoms with Gasteiger partial charge in [-0.15, -0.1) is 0 Å². The molecule has 0 aliphatic rings. The first-order valence-electron chi connectivity index (χ1n) is 7.22. The van der Waals surface area contributed by atoms with Gasteiger partial charge in [-0.05, 0) is 30.3 Å². The molecule has 0 spiro atoms. The van der Waals surface area contributed by atoms with Crippen LogP contribution < -0.4 is 15.0 Å². The van der Waals surface area contributed by atoms with Crippen LogP contribution in [-0.4, -0.2) is 26.0 Å². The van der Waals surface area contributed by atoms with E-state index in [1.54, 1.807) is 31.3 Å². The Morgan fingerprint density at radius 3 is 2.48 bits per heavy atom. The molecule has 0 fully saturated rings. The fraction of sp³-hybridized carbons (Fsp3) is 0.111. The lowest BCUT2D eigenvalue weighted by molar-refractivity contribution is -0.113. The maximum atomic E-state index is 13.6. The highest BCUT2D eigenvalue weighted by molar-refractivity contribution is 6.31. The third kappa shape index (κ3) is 4.16. The van der Waals surface area contributed by atoms with Gasteiger partial charge in [0.1, 0.15) is 11.6 Å². The first kappa shape index (κ1) is 18.5. The van der Waals surface area contributed by atoms with Crippen molar-refractivity contribution in [3.63, 3.8) is 0 Å². The van der Waals surface area contributed by atoms with E-state index in [9.17, 15) is 14.0 Å². The maximum absolute atomic E-state index is 13.6. The number of halogens is 2. The molecule has 2 aromatic rings. The van der Waals surface area contributed by atoms with Gasteiger partial charge in [0.25, 0.3) is 5.91 Å². The standard InChI is InChI=1S/C18H16ClFN2O3/c1-4-17(23)22(2)12-7-5-11(6-8-12)18(24)21-15-10-14(20)13(19)9-16(15)25-3/h4-10H,1H2,2-3H3,(H,21,24). The zero-order chi connectivity index (χ0) is 18.6. The lowest BCUT2D eigenvalue weighted by atomic mass is 10.1. The number of methoxy groups -OCH3 is 1. The zero-order valence-electron chi connectivity index (χ0n) is 13.7. The molecule has 2 amide bonds. The molecule has 25 heavy (non-hydrogen) atoms. The molecule has 0 saturated heterocycles. The van der Waals surface area contributed by atoms with Crippen molar-refractivity contribution in [1.29, 1.82) is 0 Å². The highest BCUT2D eigenvalue weighted by Gasteiger charge is 2.14.